The SMILES string of the molecule is O=CO.S=c1[nH]c2ccccc2s1. The topological polar surface area (TPSA) is 53.1 Å². The molecule has 0 bridgehead atoms. The third-order valence-electron chi connectivity index (χ3n) is 1.33. The van der Waals surface area contributed by atoms with Crippen molar-refractivity contribution in [2.45, 2.75) is 0 Å². The fourth-order valence-electron chi connectivity index (χ4n) is 0.894. The van der Waals surface area contributed by atoms with Crippen molar-refractivity contribution in [3.63, 3.8) is 0 Å². The lowest BCUT2D eigenvalue weighted by molar-refractivity contribution is -0.122. The van der Waals surface area contributed by atoms with Gasteiger partial charge in [-0.15, -0.1) is 11.3 Å². The lowest BCUT2D eigenvalue weighted by Crippen LogP contribution is -1.62. The molecule has 68 valence electrons. The van der Waals surface area contributed by atoms with Gasteiger partial charge in [-0.05, 0) is 24.4 Å². The summed E-state index contributed by atoms with van der Waals surface area (Å²) in [5, 5.41) is 6.89. The molecule has 5 heteroatoms. The summed E-state index contributed by atoms with van der Waals surface area (Å²) in [5.74, 6) is 0. The van der Waals surface area contributed by atoms with Crippen LogP contribution in [0.4, 0.5) is 0 Å². The number of fused-ring (bicyclic) bond motifs is 1. The number of hydrogen-bond acceptors (Lipinski definition) is 3. The van der Waals surface area contributed by atoms with Gasteiger partial charge in [-0.3, -0.25) is 4.79 Å². The standard InChI is InChI=1S/C7H5NS2.CH2O2/c9-7-8-5-3-1-2-4-6(5)10-7;2-1-3/h1-4H,(H,8,9);1H,(H,2,3). The summed E-state index contributed by atoms with van der Waals surface area (Å²) in [5.41, 5.74) is 1.14. The average Bonchev–Trinajstić information content (AvgIpc) is 2.45. The molecular formula is C8H7NO2S2. The molecule has 0 unspecified atom stereocenters. The molecule has 3 nitrogen and oxygen atoms in total. The number of nitrogens with one attached hydrogen (secondary N) is 1. The molecule has 0 radical (unpaired) electrons. The van der Waals surface area contributed by atoms with Crippen molar-refractivity contribution in [2.75, 3.05) is 0 Å². The van der Waals surface area contributed by atoms with Crippen LogP contribution in [0.5, 0.6) is 0 Å². The Morgan fingerprint density at radius 3 is 2.69 bits per heavy atom. The van der Waals surface area contributed by atoms with Crippen molar-refractivity contribution in [3.05, 3.63) is 28.2 Å². The summed E-state index contributed by atoms with van der Waals surface area (Å²) in [7, 11) is 0. The Kier molecular flexibility index (Phi) is 3.60. The van der Waals surface area contributed by atoms with E-state index in [1.54, 1.807) is 11.3 Å². The zero-order valence-corrected chi connectivity index (χ0v) is 8.19. The van der Waals surface area contributed by atoms with Crippen LogP contribution in [0.3, 0.4) is 0 Å². The number of thiazole rings is 1. The third kappa shape index (κ3) is 2.64. The van der Waals surface area contributed by atoms with E-state index in [1.807, 2.05) is 18.2 Å². The Hall–Kier alpha value is -1.20. The second-order valence-corrected chi connectivity index (χ2v) is 3.83. The van der Waals surface area contributed by atoms with E-state index >= 15 is 0 Å². The fraction of sp³-hybridized carbons (Fsp3) is 0. The normalized spacial score (nSPS) is 8.92. The molecule has 2 rings (SSSR count). The number of carbonyl (C=O) groups is 1. The van der Waals surface area contributed by atoms with E-state index in [2.05, 4.69) is 11.1 Å². The maximum absolute atomic E-state index is 8.36. The molecule has 2 N–H and O–H groups in total. The van der Waals surface area contributed by atoms with Gasteiger partial charge in [0.15, 0.2) is 3.95 Å². The minimum atomic E-state index is -0.250. The number of benzene rings is 1. The van der Waals surface area contributed by atoms with Crippen molar-refractivity contribution in [1.29, 1.82) is 0 Å². The van der Waals surface area contributed by atoms with Gasteiger partial charge in [0.1, 0.15) is 0 Å². The average molecular weight is 213 g/mol. The van der Waals surface area contributed by atoms with E-state index in [4.69, 9.17) is 22.1 Å². The zero-order chi connectivity index (χ0) is 9.68. The van der Waals surface area contributed by atoms with E-state index in [9.17, 15) is 0 Å². The van der Waals surface area contributed by atoms with E-state index < -0.39 is 0 Å². The predicted molar refractivity (Wildman–Crippen MR) is 55.7 cm³/mol. The van der Waals surface area contributed by atoms with Crippen molar-refractivity contribution in [3.8, 4) is 0 Å². The van der Waals surface area contributed by atoms with E-state index in [1.165, 1.54) is 4.70 Å². The number of carboxylic acid groups (broad SMARTS) is 1. The summed E-state index contributed by atoms with van der Waals surface area (Å²) < 4.78 is 2.08. The number of rotatable bonds is 0. The molecule has 0 aliphatic heterocycles. The third-order valence-corrected chi connectivity index (χ3v) is 2.54. The molecular weight excluding hydrogens is 206 g/mol. The van der Waals surface area contributed by atoms with Crippen LogP contribution in [0.25, 0.3) is 10.2 Å². The summed E-state index contributed by atoms with van der Waals surface area (Å²) in [4.78, 5) is 11.5. The van der Waals surface area contributed by atoms with Crippen LogP contribution in [0.2, 0.25) is 0 Å². The van der Waals surface area contributed by atoms with Crippen molar-refractivity contribution >= 4 is 40.2 Å². The van der Waals surface area contributed by atoms with Gasteiger partial charge < -0.3 is 10.1 Å². The molecule has 0 fully saturated rings. The minimum Gasteiger partial charge on any atom is -0.483 e. The zero-order valence-electron chi connectivity index (χ0n) is 6.56. The van der Waals surface area contributed by atoms with Crippen LogP contribution < -0.4 is 0 Å². The highest BCUT2D eigenvalue weighted by molar-refractivity contribution is 7.73. The lowest BCUT2D eigenvalue weighted by Gasteiger charge is -1.81. The first-order valence-corrected chi connectivity index (χ1v) is 4.66. The molecule has 0 spiro atoms. The van der Waals surface area contributed by atoms with Gasteiger partial charge in [0.2, 0.25) is 0 Å². The number of para-hydroxylation sites is 1. The Morgan fingerprint density at radius 2 is 2.08 bits per heavy atom. The fourth-order valence-corrected chi connectivity index (χ4v) is 2.01. The summed E-state index contributed by atoms with van der Waals surface area (Å²) in [6, 6.07) is 8.11. The number of aromatic nitrogens is 1. The van der Waals surface area contributed by atoms with Crippen molar-refractivity contribution < 1.29 is 9.90 Å². The number of aromatic amines is 1. The van der Waals surface area contributed by atoms with Crippen LogP contribution in [0.1, 0.15) is 0 Å². The van der Waals surface area contributed by atoms with Crippen LogP contribution >= 0.6 is 23.6 Å². The first kappa shape index (κ1) is 9.88. The monoisotopic (exact) mass is 213 g/mol. The molecule has 1 aromatic carbocycles. The maximum atomic E-state index is 8.36. The van der Waals surface area contributed by atoms with E-state index in [0.29, 0.717) is 0 Å². The molecule has 0 saturated carbocycles. The van der Waals surface area contributed by atoms with Crippen LogP contribution in [-0.4, -0.2) is 16.6 Å². The number of H-pyrrole nitrogens is 1. The minimum absolute atomic E-state index is 0.250. The van der Waals surface area contributed by atoms with Crippen molar-refractivity contribution in [2.24, 2.45) is 0 Å². The molecule has 2 aromatic rings. The molecule has 0 aliphatic carbocycles. The first-order chi connectivity index (χ1) is 6.27. The quantitative estimate of drug-likeness (QED) is 0.522. The number of hydrogen-bond donors (Lipinski definition) is 2. The lowest BCUT2D eigenvalue weighted by atomic mass is 10.3. The van der Waals surface area contributed by atoms with Gasteiger partial charge in [0, 0.05) is 0 Å². The summed E-state index contributed by atoms with van der Waals surface area (Å²) in [6.07, 6.45) is 0. The Balaban J connectivity index is 0.000000251. The summed E-state index contributed by atoms with van der Waals surface area (Å²) >= 11 is 6.59. The molecule has 0 saturated heterocycles. The van der Waals surface area contributed by atoms with Gasteiger partial charge in [0.05, 0.1) is 10.2 Å². The van der Waals surface area contributed by atoms with Crippen LogP contribution in [-0.2, 0) is 4.79 Å². The second kappa shape index (κ2) is 4.74. The van der Waals surface area contributed by atoms with Gasteiger partial charge in [-0.25, -0.2) is 0 Å². The van der Waals surface area contributed by atoms with Crippen LogP contribution in [0.15, 0.2) is 24.3 Å². The van der Waals surface area contributed by atoms with Gasteiger partial charge in [-0.2, -0.15) is 0 Å². The molecule has 0 amide bonds. The van der Waals surface area contributed by atoms with Gasteiger partial charge in [-0.1, -0.05) is 12.1 Å². The molecule has 1 heterocycles. The first-order valence-electron chi connectivity index (χ1n) is 3.43. The van der Waals surface area contributed by atoms with E-state index in [0.717, 1.165) is 9.47 Å². The molecule has 1 aromatic heterocycles. The second-order valence-electron chi connectivity index (χ2n) is 2.12. The predicted octanol–water partition coefficient (Wildman–Crippen LogP) is 2.66. The highest BCUT2D eigenvalue weighted by Gasteiger charge is 1.91. The Bertz CT molecular complexity index is 410. The highest BCUT2D eigenvalue weighted by atomic mass is 32.1. The Morgan fingerprint density at radius 1 is 1.46 bits per heavy atom. The van der Waals surface area contributed by atoms with Gasteiger partial charge >= 0.3 is 0 Å². The van der Waals surface area contributed by atoms with E-state index in [-0.39, 0.29) is 6.47 Å². The molecule has 13 heavy (non-hydrogen) atoms. The smallest absolute Gasteiger partial charge is 0.290 e. The highest BCUT2D eigenvalue weighted by Crippen LogP contribution is 2.17. The molecule has 0 atom stereocenters. The maximum Gasteiger partial charge on any atom is 0.290 e. The molecule has 0 aliphatic rings. The Labute approximate surface area is 83.7 Å². The largest absolute Gasteiger partial charge is 0.483 e. The van der Waals surface area contributed by atoms with Crippen LogP contribution in [0, 0.1) is 3.95 Å². The van der Waals surface area contributed by atoms with Gasteiger partial charge in [0.25, 0.3) is 6.47 Å². The van der Waals surface area contributed by atoms with Crippen molar-refractivity contribution in [1.82, 2.24) is 4.98 Å². The summed E-state index contributed by atoms with van der Waals surface area (Å²) in [6.45, 7) is -0.250.